The first-order valence-electron chi connectivity index (χ1n) is 8.76. The summed E-state index contributed by atoms with van der Waals surface area (Å²) in [6.45, 7) is 6.24. The van der Waals surface area contributed by atoms with E-state index in [1.54, 1.807) is 36.4 Å². The second kappa shape index (κ2) is 8.21. The van der Waals surface area contributed by atoms with Crippen molar-refractivity contribution in [3.05, 3.63) is 71.0 Å². The van der Waals surface area contributed by atoms with Gasteiger partial charge in [-0.3, -0.25) is 4.79 Å². The molecule has 0 aromatic heterocycles. The van der Waals surface area contributed by atoms with E-state index in [0.717, 1.165) is 5.56 Å². The highest BCUT2D eigenvalue weighted by molar-refractivity contribution is 7.89. The van der Waals surface area contributed by atoms with Crippen molar-refractivity contribution in [2.75, 3.05) is 6.26 Å². The summed E-state index contributed by atoms with van der Waals surface area (Å²) in [5.74, 6) is -0.627. The summed E-state index contributed by atoms with van der Waals surface area (Å²) in [5, 5.41) is 3.01. The Kier molecular flexibility index (Phi) is 6.42. The van der Waals surface area contributed by atoms with Gasteiger partial charge in [0.25, 0.3) is 5.91 Å². The Morgan fingerprint density at radius 1 is 1.04 bits per heavy atom. The topological polar surface area (TPSA) is 63.2 Å². The maximum Gasteiger partial charge on any atom is 0.251 e. The summed E-state index contributed by atoms with van der Waals surface area (Å²) in [6, 6.07) is 12.4. The van der Waals surface area contributed by atoms with Crippen molar-refractivity contribution < 1.29 is 17.6 Å². The van der Waals surface area contributed by atoms with Gasteiger partial charge in [-0.05, 0) is 47.2 Å². The number of carbonyl (C=O) groups excluding carboxylic acids is 1. The lowest BCUT2D eigenvalue weighted by Crippen LogP contribution is -2.31. The van der Waals surface area contributed by atoms with Gasteiger partial charge in [-0.15, -0.1) is 0 Å². The highest BCUT2D eigenvalue weighted by Gasteiger charge is 2.22. The Balaban J connectivity index is 2.18. The molecule has 146 valence electrons. The smallest absolute Gasteiger partial charge is 0.251 e. The van der Waals surface area contributed by atoms with Crippen LogP contribution in [0, 0.1) is 11.2 Å². The minimum atomic E-state index is -3.12. The molecule has 0 aliphatic carbocycles. The third-order valence-electron chi connectivity index (χ3n) is 4.04. The van der Waals surface area contributed by atoms with Crippen LogP contribution in [0.3, 0.4) is 0 Å². The number of nitrogens with one attached hydrogen (secondary N) is 1. The fourth-order valence-corrected chi connectivity index (χ4v) is 3.65. The summed E-state index contributed by atoms with van der Waals surface area (Å²) >= 11 is 0. The van der Waals surface area contributed by atoms with E-state index in [-0.39, 0.29) is 28.9 Å². The lowest BCUT2D eigenvalue weighted by atomic mass is 9.85. The number of hydrogen-bond donors (Lipinski definition) is 1. The predicted molar refractivity (Wildman–Crippen MR) is 106 cm³/mol. The second-order valence-corrected chi connectivity index (χ2v) is 10.2. The minimum absolute atomic E-state index is 0.0360. The van der Waals surface area contributed by atoms with Crippen LogP contribution in [0.4, 0.5) is 4.39 Å². The molecule has 0 heterocycles. The molecule has 2 aromatic rings. The van der Waals surface area contributed by atoms with Crippen LogP contribution in [0.2, 0.25) is 0 Å². The number of benzene rings is 2. The molecule has 0 aliphatic heterocycles. The highest BCUT2D eigenvalue weighted by atomic mass is 32.2. The molecule has 2 aromatic carbocycles. The van der Waals surface area contributed by atoms with Gasteiger partial charge < -0.3 is 5.32 Å². The zero-order valence-corrected chi connectivity index (χ0v) is 16.9. The summed E-state index contributed by atoms with van der Waals surface area (Å²) in [4.78, 5) is 12.7. The molecule has 4 nitrogen and oxygen atoms in total. The SMILES string of the molecule is CC(C)(C)CC(NC(=O)c1ccc(CS(C)(=O)=O)cc1)c1ccc(F)cc1. The van der Waals surface area contributed by atoms with Crippen LogP contribution in [-0.2, 0) is 15.6 Å². The average Bonchev–Trinajstić information content (AvgIpc) is 2.52. The first-order chi connectivity index (χ1) is 12.4. The molecule has 0 aliphatic rings. The Morgan fingerprint density at radius 3 is 2.07 bits per heavy atom. The van der Waals surface area contributed by atoms with Crippen molar-refractivity contribution in [3.63, 3.8) is 0 Å². The number of hydrogen-bond acceptors (Lipinski definition) is 3. The summed E-state index contributed by atoms with van der Waals surface area (Å²) in [6.07, 6.45) is 1.87. The van der Waals surface area contributed by atoms with Gasteiger partial charge >= 0.3 is 0 Å². The summed E-state index contributed by atoms with van der Waals surface area (Å²) in [7, 11) is -3.12. The largest absolute Gasteiger partial charge is 0.345 e. The number of amides is 1. The molecule has 0 saturated carbocycles. The van der Waals surface area contributed by atoms with Crippen molar-refractivity contribution in [2.24, 2.45) is 5.41 Å². The van der Waals surface area contributed by atoms with E-state index in [4.69, 9.17) is 0 Å². The van der Waals surface area contributed by atoms with Crippen molar-refractivity contribution in [1.29, 1.82) is 0 Å². The van der Waals surface area contributed by atoms with Gasteiger partial charge in [0.1, 0.15) is 5.82 Å². The standard InChI is InChI=1S/C21H26FNO3S/c1-21(2,3)13-19(16-9-11-18(22)12-10-16)23-20(24)17-7-5-15(6-8-17)14-27(4,25)26/h5-12,19H,13-14H2,1-4H3,(H,23,24). The van der Waals surface area contributed by atoms with E-state index in [2.05, 4.69) is 26.1 Å². The van der Waals surface area contributed by atoms with Gasteiger partial charge in [-0.25, -0.2) is 12.8 Å². The third-order valence-corrected chi connectivity index (χ3v) is 4.90. The molecule has 0 spiro atoms. The number of rotatable bonds is 6. The van der Waals surface area contributed by atoms with Crippen LogP contribution in [0.25, 0.3) is 0 Å². The van der Waals surface area contributed by atoms with Gasteiger partial charge in [0.05, 0.1) is 11.8 Å². The highest BCUT2D eigenvalue weighted by Crippen LogP contribution is 2.30. The zero-order chi connectivity index (χ0) is 20.2. The number of sulfone groups is 1. The fraction of sp³-hybridized carbons (Fsp3) is 0.381. The van der Waals surface area contributed by atoms with Crippen LogP contribution in [0.5, 0.6) is 0 Å². The molecule has 2 rings (SSSR count). The number of halogens is 1. The van der Waals surface area contributed by atoms with Crippen LogP contribution < -0.4 is 5.32 Å². The first kappa shape index (κ1) is 21.1. The molecule has 1 atom stereocenters. The monoisotopic (exact) mass is 391 g/mol. The van der Waals surface area contributed by atoms with Crippen LogP contribution in [-0.4, -0.2) is 20.6 Å². The maximum absolute atomic E-state index is 13.2. The van der Waals surface area contributed by atoms with Crippen molar-refractivity contribution in [2.45, 2.75) is 39.0 Å². The maximum atomic E-state index is 13.2. The Morgan fingerprint density at radius 2 is 1.59 bits per heavy atom. The quantitative estimate of drug-likeness (QED) is 0.799. The summed E-state index contributed by atoms with van der Waals surface area (Å²) < 4.78 is 36.0. The van der Waals surface area contributed by atoms with Crippen molar-refractivity contribution in [1.82, 2.24) is 5.32 Å². The minimum Gasteiger partial charge on any atom is -0.345 e. The van der Waals surface area contributed by atoms with E-state index >= 15 is 0 Å². The van der Waals surface area contributed by atoms with Gasteiger partial charge in [0.15, 0.2) is 9.84 Å². The molecule has 0 fully saturated rings. The van der Waals surface area contributed by atoms with Crippen LogP contribution in [0.1, 0.15) is 54.7 Å². The molecular weight excluding hydrogens is 365 g/mol. The molecular formula is C21H26FNO3S. The molecule has 6 heteroatoms. The van der Waals surface area contributed by atoms with Crippen molar-refractivity contribution in [3.8, 4) is 0 Å². The zero-order valence-electron chi connectivity index (χ0n) is 16.1. The first-order valence-corrected chi connectivity index (χ1v) is 10.8. The van der Waals surface area contributed by atoms with E-state index in [0.29, 0.717) is 17.5 Å². The molecule has 1 N–H and O–H groups in total. The molecule has 1 amide bonds. The van der Waals surface area contributed by atoms with Crippen molar-refractivity contribution >= 4 is 15.7 Å². The molecule has 27 heavy (non-hydrogen) atoms. The van der Waals surface area contributed by atoms with E-state index < -0.39 is 9.84 Å². The van der Waals surface area contributed by atoms with Gasteiger partial charge in [0, 0.05) is 11.8 Å². The fourth-order valence-electron chi connectivity index (χ4n) is 2.86. The number of carbonyl (C=O) groups is 1. The lowest BCUT2D eigenvalue weighted by Gasteiger charge is -2.27. The van der Waals surface area contributed by atoms with Gasteiger partial charge in [0.2, 0.25) is 0 Å². The Labute approximate surface area is 160 Å². The van der Waals surface area contributed by atoms with Gasteiger partial charge in [-0.2, -0.15) is 0 Å². The normalized spacial score (nSPS) is 13.2. The Hall–Kier alpha value is -2.21. The third kappa shape index (κ3) is 7.13. The van der Waals surface area contributed by atoms with E-state index in [1.165, 1.54) is 18.4 Å². The second-order valence-electron chi connectivity index (χ2n) is 8.11. The molecule has 0 radical (unpaired) electrons. The summed E-state index contributed by atoms with van der Waals surface area (Å²) in [5.41, 5.74) is 1.89. The lowest BCUT2D eigenvalue weighted by molar-refractivity contribution is 0.0926. The predicted octanol–water partition coefficient (Wildman–Crippen LogP) is 4.28. The molecule has 0 saturated heterocycles. The molecule has 1 unspecified atom stereocenters. The molecule has 0 bridgehead atoms. The Bertz CT molecular complexity index is 883. The van der Waals surface area contributed by atoms with Gasteiger partial charge in [-0.1, -0.05) is 45.0 Å². The van der Waals surface area contributed by atoms with Crippen LogP contribution >= 0.6 is 0 Å². The van der Waals surface area contributed by atoms with E-state index in [9.17, 15) is 17.6 Å². The average molecular weight is 392 g/mol. The van der Waals surface area contributed by atoms with E-state index in [1.807, 2.05) is 0 Å². The van der Waals surface area contributed by atoms with Crippen LogP contribution in [0.15, 0.2) is 48.5 Å².